The van der Waals surface area contributed by atoms with E-state index in [2.05, 4.69) is 5.32 Å². The van der Waals surface area contributed by atoms with Crippen LogP contribution < -0.4 is 20.5 Å². The fourth-order valence-corrected chi connectivity index (χ4v) is 3.00. The molecule has 152 valence electrons. The van der Waals surface area contributed by atoms with Gasteiger partial charge in [-0.15, -0.1) is 0 Å². The number of nitrogens with one attached hydrogen (secondary N) is 1. The zero-order valence-electron chi connectivity index (χ0n) is 16.0. The number of carbonyl (C=O) groups is 1. The zero-order valence-corrected chi connectivity index (χ0v) is 17.5. The van der Waals surface area contributed by atoms with Crippen molar-refractivity contribution in [2.45, 2.75) is 26.2 Å². The van der Waals surface area contributed by atoms with Gasteiger partial charge < -0.3 is 20.5 Å². The molecule has 0 fully saturated rings. The number of ether oxygens (including phenoxy) is 2. The molecule has 3 N–H and O–H groups in total. The Morgan fingerprint density at radius 3 is 2.54 bits per heavy atom. The van der Waals surface area contributed by atoms with Crippen molar-refractivity contribution in [2.75, 3.05) is 26.3 Å². The maximum Gasteiger partial charge on any atom is 0.224 e. The number of rotatable bonds is 11. The minimum Gasteiger partial charge on any atom is -0.490 e. The molecule has 0 aliphatic heterocycles. The number of benzene rings is 2. The van der Waals surface area contributed by atoms with E-state index >= 15 is 0 Å². The van der Waals surface area contributed by atoms with E-state index in [1.54, 1.807) is 6.07 Å². The monoisotopic (exact) mass is 424 g/mol. The Bertz CT molecular complexity index is 784. The maximum absolute atomic E-state index is 12.2. The molecule has 0 spiro atoms. The number of hydrogen-bond donors (Lipinski definition) is 2. The van der Waals surface area contributed by atoms with Crippen LogP contribution in [0.5, 0.6) is 11.5 Å². The fourth-order valence-electron chi connectivity index (χ4n) is 2.68. The summed E-state index contributed by atoms with van der Waals surface area (Å²) in [4.78, 5) is 12.2. The van der Waals surface area contributed by atoms with Crippen LogP contribution in [0.3, 0.4) is 0 Å². The second-order valence-electron chi connectivity index (χ2n) is 6.23. The molecule has 0 radical (unpaired) electrons. The zero-order chi connectivity index (χ0) is 20.4. The van der Waals surface area contributed by atoms with E-state index in [0.717, 1.165) is 24.0 Å². The normalized spacial score (nSPS) is 10.6. The standard InChI is InChI=1S/C21H26Cl2N2O3/c1-2-27-20-13-16(6-8-19(20)28-11-9-24)14-21(26)25-10-3-4-15-5-7-17(22)18(23)12-15/h5-8,12-13H,2-4,9-11,14,24H2,1H3,(H,25,26). The highest BCUT2D eigenvalue weighted by molar-refractivity contribution is 6.42. The number of aryl methyl sites for hydroxylation is 1. The van der Waals surface area contributed by atoms with Crippen LogP contribution in [0.1, 0.15) is 24.5 Å². The lowest BCUT2D eigenvalue weighted by atomic mass is 10.1. The minimum atomic E-state index is -0.0350. The first-order valence-electron chi connectivity index (χ1n) is 9.32. The van der Waals surface area contributed by atoms with Gasteiger partial charge in [0.25, 0.3) is 0 Å². The maximum atomic E-state index is 12.2. The van der Waals surface area contributed by atoms with Gasteiger partial charge in [0.1, 0.15) is 6.61 Å². The highest BCUT2D eigenvalue weighted by Crippen LogP contribution is 2.28. The summed E-state index contributed by atoms with van der Waals surface area (Å²) in [5.41, 5.74) is 7.44. The van der Waals surface area contributed by atoms with Gasteiger partial charge in [-0.25, -0.2) is 0 Å². The van der Waals surface area contributed by atoms with Crippen LogP contribution in [-0.2, 0) is 17.6 Å². The summed E-state index contributed by atoms with van der Waals surface area (Å²) >= 11 is 11.9. The lowest BCUT2D eigenvalue weighted by molar-refractivity contribution is -0.120. The second kappa shape index (κ2) is 11.8. The van der Waals surface area contributed by atoms with Crippen LogP contribution in [0.2, 0.25) is 10.0 Å². The summed E-state index contributed by atoms with van der Waals surface area (Å²) in [5.74, 6) is 1.23. The fraction of sp³-hybridized carbons (Fsp3) is 0.381. The highest BCUT2D eigenvalue weighted by atomic mass is 35.5. The Labute approximate surface area is 176 Å². The first-order chi connectivity index (χ1) is 13.5. The van der Waals surface area contributed by atoms with Crippen LogP contribution in [0.4, 0.5) is 0 Å². The summed E-state index contributed by atoms with van der Waals surface area (Å²) < 4.78 is 11.2. The van der Waals surface area contributed by atoms with E-state index in [4.69, 9.17) is 38.4 Å². The molecule has 0 aliphatic carbocycles. The lowest BCUT2D eigenvalue weighted by Crippen LogP contribution is -2.26. The van der Waals surface area contributed by atoms with Crippen molar-refractivity contribution in [1.29, 1.82) is 0 Å². The molecule has 0 aromatic heterocycles. The lowest BCUT2D eigenvalue weighted by Gasteiger charge is -2.13. The third kappa shape index (κ3) is 7.23. The predicted molar refractivity (Wildman–Crippen MR) is 114 cm³/mol. The molecule has 1 amide bonds. The average Bonchev–Trinajstić information content (AvgIpc) is 2.67. The second-order valence-corrected chi connectivity index (χ2v) is 7.04. The third-order valence-corrected chi connectivity index (χ3v) is 4.74. The Kier molecular flexibility index (Phi) is 9.41. The van der Waals surface area contributed by atoms with E-state index in [9.17, 15) is 4.79 Å². The van der Waals surface area contributed by atoms with Crippen molar-refractivity contribution in [3.8, 4) is 11.5 Å². The van der Waals surface area contributed by atoms with Gasteiger partial charge in [-0.1, -0.05) is 35.3 Å². The number of nitrogens with two attached hydrogens (primary N) is 1. The van der Waals surface area contributed by atoms with Crippen LogP contribution in [0, 0.1) is 0 Å². The van der Waals surface area contributed by atoms with Gasteiger partial charge in [0.2, 0.25) is 5.91 Å². The Morgan fingerprint density at radius 2 is 1.82 bits per heavy atom. The molecule has 2 aromatic rings. The van der Waals surface area contributed by atoms with Gasteiger partial charge in [0.05, 0.1) is 23.1 Å². The van der Waals surface area contributed by atoms with E-state index < -0.39 is 0 Å². The van der Waals surface area contributed by atoms with Crippen LogP contribution >= 0.6 is 23.2 Å². The topological polar surface area (TPSA) is 73.6 Å². The van der Waals surface area contributed by atoms with Crippen molar-refractivity contribution in [3.63, 3.8) is 0 Å². The number of halogens is 2. The van der Waals surface area contributed by atoms with Crippen LogP contribution in [-0.4, -0.2) is 32.2 Å². The molecule has 0 atom stereocenters. The van der Waals surface area contributed by atoms with Gasteiger partial charge in [-0.2, -0.15) is 0 Å². The van der Waals surface area contributed by atoms with Crippen molar-refractivity contribution >= 4 is 29.1 Å². The summed E-state index contributed by atoms with van der Waals surface area (Å²) in [7, 11) is 0. The van der Waals surface area contributed by atoms with Crippen molar-refractivity contribution in [1.82, 2.24) is 5.32 Å². The molecule has 0 aliphatic rings. The average molecular weight is 425 g/mol. The van der Waals surface area contributed by atoms with E-state index in [-0.39, 0.29) is 12.3 Å². The molecular formula is C21H26Cl2N2O3. The van der Waals surface area contributed by atoms with Crippen molar-refractivity contribution in [3.05, 3.63) is 57.6 Å². The van der Waals surface area contributed by atoms with Gasteiger partial charge in [0.15, 0.2) is 11.5 Å². The van der Waals surface area contributed by atoms with Gasteiger partial charge in [0, 0.05) is 13.1 Å². The quantitative estimate of drug-likeness (QED) is 0.534. The molecule has 0 saturated carbocycles. The first kappa shape index (κ1) is 22.3. The van der Waals surface area contributed by atoms with E-state index in [0.29, 0.717) is 47.8 Å². The van der Waals surface area contributed by atoms with Gasteiger partial charge in [-0.05, 0) is 55.2 Å². The molecular weight excluding hydrogens is 399 g/mol. The Morgan fingerprint density at radius 1 is 1.04 bits per heavy atom. The number of carbonyl (C=O) groups excluding carboxylic acids is 1. The first-order valence-corrected chi connectivity index (χ1v) is 10.1. The molecule has 0 bridgehead atoms. The predicted octanol–water partition coefficient (Wildman–Crippen LogP) is 4.02. The minimum absolute atomic E-state index is 0.0350. The molecule has 0 saturated heterocycles. The van der Waals surface area contributed by atoms with E-state index in [1.807, 2.05) is 37.3 Å². The number of amides is 1. The van der Waals surface area contributed by atoms with Crippen molar-refractivity contribution < 1.29 is 14.3 Å². The van der Waals surface area contributed by atoms with Crippen LogP contribution in [0.25, 0.3) is 0 Å². The Hall–Kier alpha value is -1.95. The molecule has 0 unspecified atom stereocenters. The summed E-state index contributed by atoms with van der Waals surface area (Å²) in [5, 5.41) is 4.04. The smallest absolute Gasteiger partial charge is 0.224 e. The van der Waals surface area contributed by atoms with E-state index in [1.165, 1.54) is 0 Å². The Balaban J connectivity index is 1.81. The molecule has 2 rings (SSSR count). The summed E-state index contributed by atoms with van der Waals surface area (Å²) in [6.45, 7) is 3.86. The van der Waals surface area contributed by atoms with Gasteiger partial charge >= 0.3 is 0 Å². The molecule has 7 heteroatoms. The molecule has 5 nitrogen and oxygen atoms in total. The number of hydrogen-bond acceptors (Lipinski definition) is 4. The van der Waals surface area contributed by atoms with Crippen LogP contribution in [0.15, 0.2) is 36.4 Å². The third-order valence-electron chi connectivity index (χ3n) is 4.00. The summed E-state index contributed by atoms with van der Waals surface area (Å²) in [6.07, 6.45) is 1.92. The SMILES string of the molecule is CCOc1cc(CC(=O)NCCCc2ccc(Cl)c(Cl)c2)ccc1OCCN. The van der Waals surface area contributed by atoms with Crippen molar-refractivity contribution in [2.24, 2.45) is 5.73 Å². The van der Waals surface area contributed by atoms with Gasteiger partial charge in [-0.3, -0.25) is 4.79 Å². The largest absolute Gasteiger partial charge is 0.490 e. The summed E-state index contributed by atoms with van der Waals surface area (Å²) in [6, 6.07) is 11.1. The molecule has 0 heterocycles. The molecule has 28 heavy (non-hydrogen) atoms. The highest BCUT2D eigenvalue weighted by Gasteiger charge is 2.09. The molecule has 2 aromatic carbocycles.